The topological polar surface area (TPSA) is 32.3 Å². The van der Waals surface area contributed by atoms with Crippen LogP contribution in [0.15, 0.2) is 16.6 Å². The molecule has 0 spiro atoms. The minimum absolute atomic E-state index is 0.0184. The Morgan fingerprint density at radius 3 is 2.83 bits per heavy atom. The third-order valence-corrected chi connectivity index (χ3v) is 3.61. The van der Waals surface area contributed by atoms with Crippen molar-refractivity contribution >= 4 is 21.8 Å². The summed E-state index contributed by atoms with van der Waals surface area (Å²) in [6.07, 6.45) is 0. The second-order valence-electron chi connectivity index (χ2n) is 4.30. The number of benzene rings is 1. The maximum Gasteiger partial charge on any atom is 0.257 e. The number of hydrogen-bond acceptors (Lipinski definition) is 2. The third-order valence-electron chi connectivity index (χ3n) is 3.00. The second kappa shape index (κ2) is 5.32. The lowest BCUT2D eigenvalue weighted by molar-refractivity contribution is 0.0650. The fraction of sp³-hybridized carbons (Fsp3) is 0.417. The molecule has 1 atom stereocenters. The molecule has 0 aliphatic carbocycles. The normalized spacial score (nSPS) is 20.0. The highest BCUT2D eigenvalue weighted by Gasteiger charge is 2.26. The Morgan fingerprint density at radius 1 is 1.44 bits per heavy atom. The zero-order valence-electron chi connectivity index (χ0n) is 9.84. The van der Waals surface area contributed by atoms with Crippen LogP contribution in [0.3, 0.4) is 0 Å². The van der Waals surface area contributed by atoms with Crippen molar-refractivity contribution in [2.45, 2.75) is 13.0 Å². The molecule has 1 aromatic carbocycles. The molecule has 98 valence electrons. The summed E-state index contributed by atoms with van der Waals surface area (Å²) in [7, 11) is 0. The summed E-state index contributed by atoms with van der Waals surface area (Å²) in [5.41, 5.74) is -0.218. The molecule has 1 saturated heterocycles. The summed E-state index contributed by atoms with van der Waals surface area (Å²) < 4.78 is 27.1. The number of piperazine rings is 1. The van der Waals surface area contributed by atoms with E-state index in [1.165, 1.54) is 0 Å². The van der Waals surface area contributed by atoms with E-state index in [2.05, 4.69) is 21.2 Å². The quantitative estimate of drug-likeness (QED) is 0.805. The highest BCUT2D eigenvalue weighted by molar-refractivity contribution is 9.10. The highest BCUT2D eigenvalue weighted by Crippen LogP contribution is 2.21. The maximum atomic E-state index is 13.7. The van der Waals surface area contributed by atoms with Gasteiger partial charge in [0.25, 0.3) is 5.91 Å². The Hall–Kier alpha value is -1.01. The van der Waals surface area contributed by atoms with Crippen LogP contribution in [0.4, 0.5) is 8.78 Å². The van der Waals surface area contributed by atoms with E-state index in [9.17, 15) is 13.6 Å². The molecule has 1 aromatic rings. The average Bonchev–Trinajstić information content (AvgIpc) is 2.33. The number of amides is 1. The molecular weight excluding hydrogens is 306 g/mol. The molecule has 0 saturated carbocycles. The molecule has 1 unspecified atom stereocenters. The fourth-order valence-electron chi connectivity index (χ4n) is 1.98. The van der Waals surface area contributed by atoms with Gasteiger partial charge in [0, 0.05) is 25.7 Å². The number of hydrogen-bond donors (Lipinski definition) is 1. The summed E-state index contributed by atoms with van der Waals surface area (Å²) in [5.74, 6) is -1.81. The van der Waals surface area contributed by atoms with Gasteiger partial charge in [-0.3, -0.25) is 4.79 Å². The van der Waals surface area contributed by atoms with Gasteiger partial charge in [0.2, 0.25) is 0 Å². The van der Waals surface area contributed by atoms with E-state index in [1.54, 1.807) is 4.90 Å². The molecule has 0 aromatic heterocycles. The largest absolute Gasteiger partial charge is 0.333 e. The summed E-state index contributed by atoms with van der Waals surface area (Å²) in [5, 5.41) is 3.14. The van der Waals surface area contributed by atoms with Crippen molar-refractivity contribution in [2.75, 3.05) is 19.6 Å². The Morgan fingerprint density at radius 2 is 2.17 bits per heavy atom. The van der Waals surface area contributed by atoms with E-state index in [1.807, 2.05) is 6.92 Å². The lowest BCUT2D eigenvalue weighted by Gasteiger charge is -2.34. The van der Waals surface area contributed by atoms with Gasteiger partial charge in [0.1, 0.15) is 11.6 Å². The van der Waals surface area contributed by atoms with E-state index < -0.39 is 17.5 Å². The molecule has 1 amide bonds. The van der Waals surface area contributed by atoms with Gasteiger partial charge in [-0.1, -0.05) is 0 Å². The monoisotopic (exact) mass is 318 g/mol. The van der Waals surface area contributed by atoms with Crippen LogP contribution in [0.5, 0.6) is 0 Å². The van der Waals surface area contributed by atoms with Crippen molar-refractivity contribution in [3.8, 4) is 0 Å². The Labute approximate surface area is 112 Å². The lowest BCUT2D eigenvalue weighted by Crippen LogP contribution is -2.52. The lowest BCUT2D eigenvalue weighted by atomic mass is 10.1. The number of rotatable bonds is 1. The van der Waals surface area contributed by atoms with Crippen LogP contribution in [0.2, 0.25) is 0 Å². The first-order chi connectivity index (χ1) is 8.50. The molecule has 1 heterocycles. The van der Waals surface area contributed by atoms with Gasteiger partial charge in [-0.05, 0) is 35.0 Å². The zero-order chi connectivity index (χ0) is 13.3. The summed E-state index contributed by atoms with van der Waals surface area (Å²) >= 11 is 2.89. The van der Waals surface area contributed by atoms with E-state index in [0.29, 0.717) is 19.6 Å². The molecule has 1 fully saturated rings. The maximum absolute atomic E-state index is 13.7. The van der Waals surface area contributed by atoms with Crippen molar-refractivity contribution in [3.05, 3.63) is 33.8 Å². The van der Waals surface area contributed by atoms with E-state index in [0.717, 1.165) is 12.1 Å². The molecule has 0 radical (unpaired) electrons. The first kappa shape index (κ1) is 13.4. The van der Waals surface area contributed by atoms with Crippen LogP contribution in [0, 0.1) is 11.6 Å². The number of carbonyl (C=O) groups is 1. The molecular formula is C12H13BrF2N2O. The first-order valence-corrected chi connectivity index (χ1v) is 6.46. The molecule has 3 nitrogen and oxygen atoms in total. The van der Waals surface area contributed by atoms with Crippen molar-refractivity contribution in [3.63, 3.8) is 0 Å². The zero-order valence-corrected chi connectivity index (χ0v) is 11.4. The van der Waals surface area contributed by atoms with Crippen molar-refractivity contribution in [1.82, 2.24) is 10.2 Å². The standard InChI is InChI=1S/C12H13BrF2N2O/c1-7-6-16-2-3-17(7)12(18)8-4-11(15)9(13)5-10(8)14/h4-5,7,16H,2-3,6H2,1H3. The molecule has 1 aliphatic rings. The summed E-state index contributed by atoms with van der Waals surface area (Å²) in [4.78, 5) is 13.7. The van der Waals surface area contributed by atoms with Gasteiger partial charge < -0.3 is 10.2 Å². The highest BCUT2D eigenvalue weighted by atomic mass is 79.9. The Balaban J connectivity index is 2.30. The third kappa shape index (κ3) is 2.54. The smallest absolute Gasteiger partial charge is 0.257 e. The number of nitrogens with one attached hydrogen (secondary N) is 1. The second-order valence-corrected chi connectivity index (χ2v) is 5.15. The van der Waals surface area contributed by atoms with E-state index in [4.69, 9.17) is 0 Å². The summed E-state index contributed by atoms with van der Waals surface area (Å²) in [6, 6.07) is 1.89. The van der Waals surface area contributed by atoms with Crippen molar-refractivity contribution in [1.29, 1.82) is 0 Å². The Bertz CT molecular complexity index is 481. The molecule has 1 N–H and O–H groups in total. The Kier molecular flexibility index (Phi) is 3.97. The van der Waals surface area contributed by atoms with Crippen LogP contribution in [0.25, 0.3) is 0 Å². The molecule has 18 heavy (non-hydrogen) atoms. The van der Waals surface area contributed by atoms with Gasteiger partial charge in [0.15, 0.2) is 0 Å². The van der Waals surface area contributed by atoms with E-state index >= 15 is 0 Å². The van der Waals surface area contributed by atoms with Gasteiger partial charge in [0.05, 0.1) is 10.0 Å². The van der Waals surface area contributed by atoms with Crippen LogP contribution < -0.4 is 5.32 Å². The molecule has 1 aliphatic heterocycles. The number of carbonyl (C=O) groups excluding carboxylic acids is 1. The average molecular weight is 319 g/mol. The minimum atomic E-state index is -0.709. The predicted octanol–water partition coefficient (Wildman–Crippen LogP) is 2.16. The summed E-state index contributed by atoms with van der Waals surface area (Å²) in [6.45, 7) is 3.69. The van der Waals surface area contributed by atoms with Crippen molar-refractivity contribution < 1.29 is 13.6 Å². The van der Waals surface area contributed by atoms with Crippen LogP contribution >= 0.6 is 15.9 Å². The molecule has 0 bridgehead atoms. The predicted molar refractivity (Wildman–Crippen MR) is 67.4 cm³/mol. The van der Waals surface area contributed by atoms with Gasteiger partial charge in [-0.25, -0.2) is 8.78 Å². The van der Waals surface area contributed by atoms with Crippen LogP contribution in [-0.2, 0) is 0 Å². The van der Waals surface area contributed by atoms with Gasteiger partial charge in [-0.15, -0.1) is 0 Å². The van der Waals surface area contributed by atoms with Gasteiger partial charge in [-0.2, -0.15) is 0 Å². The fourth-order valence-corrected chi connectivity index (χ4v) is 2.30. The minimum Gasteiger partial charge on any atom is -0.333 e. The van der Waals surface area contributed by atoms with Crippen LogP contribution in [0.1, 0.15) is 17.3 Å². The number of nitrogens with zero attached hydrogens (tertiary/aromatic N) is 1. The molecule has 6 heteroatoms. The SMILES string of the molecule is CC1CNCCN1C(=O)c1cc(F)c(Br)cc1F. The van der Waals surface area contributed by atoms with Crippen molar-refractivity contribution in [2.24, 2.45) is 0 Å². The number of halogens is 3. The van der Waals surface area contributed by atoms with E-state index in [-0.39, 0.29) is 16.1 Å². The molecule has 2 rings (SSSR count). The van der Waals surface area contributed by atoms with Crippen LogP contribution in [-0.4, -0.2) is 36.5 Å². The first-order valence-electron chi connectivity index (χ1n) is 5.67. The van der Waals surface area contributed by atoms with Gasteiger partial charge >= 0.3 is 0 Å².